The molecular formula is C11H11NOS. The van der Waals surface area contributed by atoms with E-state index >= 15 is 0 Å². The number of para-hydroxylation sites is 1. The van der Waals surface area contributed by atoms with Gasteiger partial charge < -0.3 is 10.5 Å². The summed E-state index contributed by atoms with van der Waals surface area (Å²) in [5.74, 6) is 1.71. The maximum absolute atomic E-state index is 5.67. The van der Waals surface area contributed by atoms with Gasteiger partial charge in [-0.05, 0) is 23.6 Å². The first-order valence-corrected chi connectivity index (χ1v) is 5.27. The highest BCUT2D eigenvalue weighted by molar-refractivity contribution is 7.10. The van der Waals surface area contributed by atoms with Gasteiger partial charge in [0, 0.05) is 6.54 Å². The van der Waals surface area contributed by atoms with Crippen LogP contribution >= 0.6 is 11.3 Å². The molecule has 0 bridgehead atoms. The Morgan fingerprint density at radius 3 is 2.64 bits per heavy atom. The third kappa shape index (κ3) is 1.95. The minimum absolute atomic E-state index is 0.528. The Labute approximate surface area is 86.9 Å². The fourth-order valence-electron chi connectivity index (χ4n) is 1.18. The van der Waals surface area contributed by atoms with Crippen molar-refractivity contribution in [1.82, 2.24) is 0 Å². The fraction of sp³-hybridized carbons (Fsp3) is 0.0909. The van der Waals surface area contributed by atoms with Crippen LogP contribution in [0.15, 0.2) is 41.8 Å². The Morgan fingerprint density at radius 2 is 1.93 bits per heavy atom. The van der Waals surface area contributed by atoms with E-state index in [0.29, 0.717) is 6.54 Å². The summed E-state index contributed by atoms with van der Waals surface area (Å²) in [7, 11) is 0. The van der Waals surface area contributed by atoms with Gasteiger partial charge in [-0.3, -0.25) is 0 Å². The van der Waals surface area contributed by atoms with Crippen LogP contribution in [0, 0.1) is 0 Å². The van der Waals surface area contributed by atoms with E-state index in [1.54, 1.807) is 11.3 Å². The average Bonchev–Trinajstić information content (AvgIpc) is 2.67. The lowest BCUT2D eigenvalue weighted by atomic mass is 10.3. The van der Waals surface area contributed by atoms with Crippen molar-refractivity contribution < 1.29 is 4.74 Å². The molecule has 0 atom stereocenters. The predicted molar refractivity (Wildman–Crippen MR) is 58.7 cm³/mol. The van der Waals surface area contributed by atoms with Crippen molar-refractivity contribution in [2.24, 2.45) is 5.73 Å². The Bertz CT molecular complexity index is 397. The minimum atomic E-state index is 0.528. The van der Waals surface area contributed by atoms with E-state index in [4.69, 9.17) is 10.5 Å². The third-order valence-corrected chi connectivity index (χ3v) is 2.79. The van der Waals surface area contributed by atoms with Gasteiger partial charge in [0.1, 0.15) is 11.5 Å². The third-order valence-electron chi connectivity index (χ3n) is 1.86. The Hall–Kier alpha value is -1.32. The van der Waals surface area contributed by atoms with E-state index in [1.165, 1.54) is 0 Å². The second-order valence-electron chi connectivity index (χ2n) is 2.83. The van der Waals surface area contributed by atoms with Crippen LogP contribution in [0.25, 0.3) is 0 Å². The number of hydrogen-bond acceptors (Lipinski definition) is 3. The lowest BCUT2D eigenvalue weighted by Gasteiger charge is -2.04. The van der Waals surface area contributed by atoms with Crippen molar-refractivity contribution in [1.29, 1.82) is 0 Å². The normalized spacial score (nSPS) is 10.1. The molecule has 1 aromatic heterocycles. The number of ether oxygens (including phenoxy) is 1. The van der Waals surface area contributed by atoms with Gasteiger partial charge in [-0.1, -0.05) is 18.2 Å². The molecular weight excluding hydrogens is 194 g/mol. The predicted octanol–water partition coefficient (Wildman–Crippen LogP) is 3.00. The number of hydrogen-bond donors (Lipinski definition) is 1. The van der Waals surface area contributed by atoms with Gasteiger partial charge >= 0.3 is 0 Å². The zero-order chi connectivity index (χ0) is 9.80. The van der Waals surface area contributed by atoms with Gasteiger partial charge in [-0.15, -0.1) is 11.3 Å². The van der Waals surface area contributed by atoms with Crippen LogP contribution < -0.4 is 10.5 Å². The van der Waals surface area contributed by atoms with Crippen LogP contribution in [0.2, 0.25) is 0 Å². The molecule has 0 amide bonds. The van der Waals surface area contributed by atoms with E-state index in [1.807, 2.05) is 41.8 Å². The zero-order valence-electron chi connectivity index (χ0n) is 7.64. The van der Waals surface area contributed by atoms with E-state index < -0.39 is 0 Å². The minimum Gasteiger partial charge on any atom is -0.456 e. The van der Waals surface area contributed by atoms with E-state index in [0.717, 1.165) is 16.4 Å². The van der Waals surface area contributed by atoms with E-state index in [-0.39, 0.29) is 0 Å². The summed E-state index contributed by atoms with van der Waals surface area (Å²) < 4.78 is 5.67. The van der Waals surface area contributed by atoms with Crippen LogP contribution in [0.1, 0.15) is 4.88 Å². The molecule has 14 heavy (non-hydrogen) atoms. The molecule has 2 N–H and O–H groups in total. The van der Waals surface area contributed by atoms with Gasteiger partial charge in [0.05, 0.1) is 4.88 Å². The smallest absolute Gasteiger partial charge is 0.142 e. The summed E-state index contributed by atoms with van der Waals surface area (Å²) in [6.45, 7) is 0.528. The van der Waals surface area contributed by atoms with Gasteiger partial charge in [0.2, 0.25) is 0 Å². The summed E-state index contributed by atoms with van der Waals surface area (Å²) in [5, 5.41) is 1.99. The molecule has 1 aromatic carbocycles. The topological polar surface area (TPSA) is 35.2 Å². The number of rotatable bonds is 3. The molecule has 0 spiro atoms. The molecule has 0 aliphatic rings. The Balaban J connectivity index is 2.19. The standard InChI is InChI=1S/C11H11NOS/c12-8-11-10(6-7-14-11)13-9-4-2-1-3-5-9/h1-7H,8,12H2. The second-order valence-corrected chi connectivity index (χ2v) is 3.83. The molecule has 0 saturated carbocycles. The summed E-state index contributed by atoms with van der Waals surface area (Å²) >= 11 is 1.62. The highest BCUT2D eigenvalue weighted by atomic mass is 32.1. The summed E-state index contributed by atoms with van der Waals surface area (Å²) in [6.07, 6.45) is 0. The molecule has 1 heterocycles. The van der Waals surface area contributed by atoms with Gasteiger partial charge in [0.15, 0.2) is 0 Å². The maximum atomic E-state index is 5.67. The summed E-state index contributed by atoms with van der Waals surface area (Å²) in [5.41, 5.74) is 5.58. The van der Waals surface area contributed by atoms with E-state index in [9.17, 15) is 0 Å². The van der Waals surface area contributed by atoms with Crippen LogP contribution in [-0.4, -0.2) is 0 Å². The lowest BCUT2D eigenvalue weighted by molar-refractivity contribution is 0.479. The fourth-order valence-corrected chi connectivity index (χ4v) is 1.86. The van der Waals surface area contributed by atoms with Gasteiger partial charge in [0.25, 0.3) is 0 Å². The van der Waals surface area contributed by atoms with Gasteiger partial charge in [-0.2, -0.15) is 0 Å². The molecule has 72 valence electrons. The monoisotopic (exact) mass is 205 g/mol. The van der Waals surface area contributed by atoms with Crippen molar-refractivity contribution in [2.45, 2.75) is 6.54 Å². The molecule has 0 saturated heterocycles. The quantitative estimate of drug-likeness (QED) is 0.836. The maximum Gasteiger partial charge on any atom is 0.142 e. The van der Waals surface area contributed by atoms with Crippen LogP contribution in [0.5, 0.6) is 11.5 Å². The average molecular weight is 205 g/mol. The highest BCUT2D eigenvalue weighted by Gasteiger charge is 2.03. The molecule has 0 aliphatic carbocycles. The van der Waals surface area contributed by atoms with Crippen molar-refractivity contribution in [3.8, 4) is 11.5 Å². The van der Waals surface area contributed by atoms with Crippen LogP contribution in [0.4, 0.5) is 0 Å². The molecule has 0 fully saturated rings. The molecule has 0 aliphatic heterocycles. The highest BCUT2D eigenvalue weighted by Crippen LogP contribution is 2.28. The van der Waals surface area contributed by atoms with Crippen molar-refractivity contribution >= 4 is 11.3 Å². The first-order chi connectivity index (χ1) is 6.90. The molecule has 3 heteroatoms. The van der Waals surface area contributed by atoms with Gasteiger partial charge in [-0.25, -0.2) is 0 Å². The van der Waals surface area contributed by atoms with Crippen molar-refractivity contribution in [3.63, 3.8) is 0 Å². The molecule has 2 nitrogen and oxygen atoms in total. The number of nitrogens with two attached hydrogens (primary N) is 1. The molecule has 2 aromatic rings. The summed E-state index contributed by atoms with van der Waals surface area (Å²) in [4.78, 5) is 1.08. The zero-order valence-corrected chi connectivity index (χ0v) is 8.46. The molecule has 2 rings (SSSR count). The van der Waals surface area contributed by atoms with Crippen molar-refractivity contribution in [3.05, 3.63) is 46.7 Å². The lowest BCUT2D eigenvalue weighted by Crippen LogP contribution is -1.95. The first-order valence-electron chi connectivity index (χ1n) is 4.39. The molecule has 0 unspecified atom stereocenters. The number of thiophene rings is 1. The molecule has 0 radical (unpaired) electrons. The van der Waals surface area contributed by atoms with Crippen LogP contribution in [0.3, 0.4) is 0 Å². The number of benzene rings is 1. The Kier molecular flexibility index (Phi) is 2.81. The first kappa shape index (κ1) is 9.24. The second kappa shape index (κ2) is 4.26. The Morgan fingerprint density at radius 1 is 1.14 bits per heavy atom. The largest absolute Gasteiger partial charge is 0.456 e. The summed E-state index contributed by atoms with van der Waals surface area (Å²) in [6, 6.07) is 11.7. The van der Waals surface area contributed by atoms with E-state index in [2.05, 4.69) is 0 Å². The SMILES string of the molecule is NCc1sccc1Oc1ccccc1. The van der Waals surface area contributed by atoms with Crippen LogP contribution in [-0.2, 0) is 6.54 Å². The van der Waals surface area contributed by atoms with Crippen molar-refractivity contribution in [2.75, 3.05) is 0 Å².